The van der Waals surface area contributed by atoms with E-state index < -0.39 is 0 Å². The van der Waals surface area contributed by atoms with Crippen molar-refractivity contribution in [3.63, 3.8) is 0 Å². The van der Waals surface area contributed by atoms with Crippen LogP contribution in [0, 0.1) is 0 Å². The maximum atomic E-state index is 5.62. The molecule has 0 aliphatic heterocycles. The van der Waals surface area contributed by atoms with E-state index in [4.69, 9.17) is 4.74 Å². The summed E-state index contributed by atoms with van der Waals surface area (Å²) in [6.45, 7) is 3.60. The molecule has 0 bridgehead atoms. The van der Waals surface area contributed by atoms with E-state index in [1.54, 1.807) is 6.20 Å². The second kappa shape index (κ2) is 7.14. The summed E-state index contributed by atoms with van der Waals surface area (Å²) in [5, 5.41) is 3.35. The van der Waals surface area contributed by atoms with Crippen molar-refractivity contribution >= 4 is 21.6 Å². The zero-order valence-corrected chi connectivity index (χ0v) is 12.5. The van der Waals surface area contributed by atoms with Crippen molar-refractivity contribution in [2.24, 2.45) is 0 Å². The molecule has 0 unspecified atom stereocenters. The van der Waals surface area contributed by atoms with Gasteiger partial charge in [0.2, 0.25) is 0 Å². The summed E-state index contributed by atoms with van der Waals surface area (Å²) in [6, 6.07) is 12.0. The van der Waals surface area contributed by atoms with Crippen LogP contribution in [-0.2, 0) is 6.54 Å². The molecule has 100 valence electrons. The van der Waals surface area contributed by atoms with Gasteiger partial charge in [0.25, 0.3) is 0 Å². The minimum Gasteiger partial charge on any atom is -0.494 e. The lowest BCUT2D eigenvalue weighted by atomic mass is 10.2. The van der Waals surface area contributed by atoms with Crippen molar-refractivity contribution in [2.45, 2.75) is 19.9 Å². The lowest BCUT2D eigenvalue weighted by Gasteiger charge is -2.09. The van der Waals surface area contributed by atoms with Crippen LogP contribution in [0.15, 0.2) is 47.2 Å². The molecule has 1 N–H and O–H groups in total. The van der Waals surface area contributed by atoms with E-state index in [1.165, 1.54) is 5.56 Å². The molecule has 1 aromatic carbocycles. The van der Waals surface area contributed by atoms with Crippen molar-refractivity contribution in [3.05, 3.63) is 52.8 Å². The van der Waals surface area contributed by atoms with Gasteiger partial charge in [0, 0.05) is 12.7 Å². The molecule has 4 heteroatoms. The van der Waals surface area contributed by atoms with Crippen molar-refractivity contribution < 1.29 is 4.74 Å². The number of hydrogen-bond acceptors (Lipinski definition) is 3. The topological polar surface area (TPSA) is 34.1 Å². The predicted molar refractivity (Wildman–Crippen MR) is 81.5 cm³/mol. The number of rotatable bonds is 6. The first-order chi connectivity index (χ1) is 9.29. The van der Waals surface area contributed by atoms with E-state index in [0.29, 0.717) is 0 Å². The maximum Gasteiger partial charge on any atom is 0.129 e. The van der Waals surface area contributed by atoms with Gasteiger partial charge in [-0.25, -0.2) is 4.98 Å². The number of benzene rings is 1. The number of aromatic nitrogens is 1. The van der Waals surface area contributed by atoms with Gasteiger partial charge in [-0.1, -0.05) is 19.1 Å². The first kappa shape index (κ1) is 13.9. The van der Waals surface area contributed by atoms with E-state index in [-0.39, 0.29) is 0 Å². The average Bonchev–Trinajstić information content (AvgIpc) is 2.45. The Morgan fingerprint density at radius 1 is 1.26 bits per heavy atom. The number of nitrogens with zero attached hydrogens (tertiary/aromatic N) is 1. The zero-order chi connectivity index (χ0) is 13.5. The average molecular weight is 321 g/mol. The molecule has 0 spiro atoms. The minimum absolute atomic E-state index is 0.744. The molecule has 0 saturated heterocycles. The highest BCUT2D eigenvalue weighted by atomic mass is 79.9. The summed E-state index contributed by atoms with van der Waals surface area (Å²) in [5.74, 6) is 0.923. The third-order valence-corrected chi connectivity index (χ3v) is 3.25. The van der Waals surface area contributed by atoms with E-state index in [9.17, 15) is 0 Å². The summed E-state index contributed by atoms with van der Waals surface area (Å²) in [5.41, 5.74) is 2.17. The van der Waals surface area contributed by atoms with E-state index >= 15 is 0 Å². The smallest absolute Gasteiger partial charge is 0.129 e. The molecule has 0 aliphatic rings. The molecule has 0 amide bonds. The largest absolute Gasteiger partial charge is 0.494 e. The molecule has 1 heterocycles. The number of anilines is 1. The van der Waals surface area contributed by atoms with E-state index in [1.807, 2.05) is 24.3 Å². The van der Waals surface area contributed by atoms with Gasteiger partial charge in [-0.3, -0.25) is 0 Å². The number of nitrogens with one attached hydrogen (secondary N) is 1. The number of pyridine rings is 1. The summed E-state index contributed by atoms with van der Waals surface area (Å²) in [6.07, 6.45) is 2.78. The van der Waals surface area contributed by atoms with Crippen molar-refractivity contribution in [1.29, 1.82) is 0 Å². The Morgan fingerprint density at radius 2 is 2.16 bits per heavy atom. The van der Waals surface area contributed by atoms with Crippen molar-refractivity contribution in [2.75, 3.05) is 11.9 Å². The Hall–Kier alpha value is -1.55. The monoisotopic (exact) mass is 320 g/mol. The predicted octanol–water partition coefficient (Wildman–Crippen LogP) is 4.25. The van der Waals surface area contributed by atoms with Gasteiger partial charge >= 0.3 is 0 Å². The lowest BCUT2D eigenvalue weighted by molar-refractivity contribution is 0.317. The second-order valence-corrected chi connectivity index (χ2v) is 4.94. The van der Waals surface area contributed by atoms with Gasteiger partial charge in [-0.2, -0.15) is 0 Å². The summed E-state index contributed by atoms with van der Waals surface area (Å²) < 4.78 is 6.45. The van der Waals surface area contributed by atoms with E-state index in [2.05, 4.69) is 45.3 Å². The fourth-order valence-electron chi connectivity index (χ4n) is 1.68. The first-order valence-corrected chi connectivity index (χ1v) is 7.15. The third-order valence-electron chi connectivity index (χ3n) is 2.61. The van der Waals surface area contributed by atoms with Crippen LogP contribution in [0.25, 0.3) is 0 Å². The molecule has 0 aliphatic carbocycles. The van der Waals surface area contributed by atoms with Crippen LogP contribution in [0.4, 0.5) is 5.69 Å². The highest BCUT2D eigenvalue weighted by Gasteiger charge is 2.00. The number of hydrogen-bond donors (Lipinski definition) is 1. The van der Waals surface area contributed by atoms with Crippen LogP contribution in [0.5, 0.6) is 5.75 Å². The molecule has 0 atom stereocenters. The second-order valence-electron chi connectivity index (χ2n) is 4.19. The highest BCUT2D eigenvalue weighted by Crippen LogP contribution is 2.20. The van der Waals surface area contributed by atoms with Gasteiger partial charge in [-0.15, -0.1) is 0 Å². The fraction of sp³-hybridized carbons (Fsp3) is 0.267. The van der Waals surface area contributed by atoms with Crippen LogP contribution in [0.3, 0.4) is 0 Å². The van der Waals surface area contributed by atoms with Gasteiger partial charge in [0.05, 0.1) is 12.3 Å². The highest BCUT2D eigenvalue weighted by molar-refractivity contribution is 9.10. The van der Waals surface area contributed by atoms with Crippen LogP contribution < -0.4 is 10.1 Å². The third kappa shape index (κ3) is 4.24. The SMILES string of the molecule is CCCOc1cccc(CNc2cccnc2Br)c1. The van der Waals surface area contributed by atoms with Crippen LogP contribution in [0.2, 0.25) is 0 Å². The molecule has 2 aromatic rings. The molecule has 0 radical (unpaired) electrons. The molecule has 2 rings (SSSR count). The Kier molecular flexibility index (Phi) is 5.21. The molecule has 1 aromatic heterocycles. The van der Waals surface area contributed by atoms with Gasteiger partial charge in [0.15, 0.2) is 0 Å². The minimum atomic E-state index is 0.744. The molecule has 0 saturated carbocycles. The van der Waals surface area contributed by atoms with Gasteiger partial charge in [0.1, 0.15) is 10.4 Å². The molecular formula is C15H17BrN2O. The lowest BCUT2D eigenvalue weighted by Crippen LogP contribution is -2.01. The standard InChI is InChI=1S/C15H17BrN2O/c1-2-9-19-13-6-3-5-12(10-13)11-18-14-7-4-8-17-15(14)16/h3-8,10,18H,2,9,11H2,1H3. The molecule has 3 nitrogen and oxygen atoms in total. The molecular weight excluding hydrogens is 304 g/mol. The Balaban J connectivity index is 1.98. The number of halogens is 1. The van der Waals surface area contributed by atoms with Gasteiger partial charge < -0.3 is 10.1 Å². The van der Waals surface area contributed by atoms with Crippen molar-refractivity contribution in [3.8, 4) is 5.75 Å². The number of ether oxygens (including phenoxy) is 1. The van der Waals surface area contributed by atoms with Crippen LogP contribution in [-0.4, -0.2) is 11.6 Å². The molecule has 19 heavy (non-hydrogen) atoms. The van der Waals surface area contributed by atoms with Crippen LogP contribution in [0.1, 0.15) is 18.9 Å². The van der Waals surface area contributed by atoms with Crippen LogP contribution >= 0.6 is 15.9 Å². The Bertz CT molecular complexity index is 531. The summed E-state index contributed by atoms with van der Waals surface area (Å²) in [4.78, 5) is 4.18. The quantitative estimate of drug-likeness (QED) is 0.808. The Labute approximate surface area is 122 Å². The van der Waals surface area contributed by atoms with Crippen molar-refractivity contribution in [1.82, 2.24) is 4.98 Å². The molecule has 0 fully saturated rings. The maximum absolute atomic E-state index is 5.62. The first-order valence-electron chi connectivity index (χ1n) is 6.35. The van der Waals surface area contributed by atoms with Gasteiger partial charge in [-0.05, 0) is 52.2 Å². The summed E-state index contributed by atoms with van der Waals surface area (Å²) in [7, 11) is 0. The normalized spacial score (nSPS) is 10.2. The van der Waals surface area contributed by atoms with E-state index in [0.717, 1.165) is 35.6 Å². The zero-order valence-electron chi connectivity index (χ0n) is 10.9. The fourth-order valence-corrected chi connectivity index (χ4v) is 2.07. The summed E-state index contributed by atoms with van der Waals surface area (Å²) >= 11 is 3.42. The Morgan fingerprint density at radius 3 is 2.95 bits per heavy atom.